The SMILES string of the molecule is COc1ccc([C@@H](NC(=O)C[C@H]2NC(=O)N(c3ccc(OC)cc3)C2=O)C(C)C)cc1. The highest BCUT2D eigenvalue weighted by atomic mass is 16.5. The zero-order valence-electron chi connectivity index (χ0n) is 18.0. The highest BCUT2D eigenvalue weighted by Crippen LogP contribution is 2.26. The van der Waals surface area contributed by atoms with Crippen molar-refractivity contribution in [3.05, 3.63) is 54.1 Å². The number of nitrogens with one attached hydrogen (secondary N) is 2. The highest BCUT2D eigenvalue weighted by molar-refractivity contribution is 6.22. The summed E-state index contributed by atoms with van der Waals surface area (Å²) in [5, 5.41) is 5.58. The van der Waals surface area contributed by atoms with E-state index in [-0.39, 0.29) is 24.3 Å². The minimum absolute atomic E-state index is 0.127. The van der Waals surface area contributed by atoms with Crippen LogP contribution in [0.5, 0.6) is 11.5 Å². The molecule has 1 aliphatic rings. The van der Waals surface area contributed by atoms with E-state index in [4.69, 9.17) is 9.47 Å². The van der Waals surface area contributed by atoms with Crippen LogP contribution >= 0.6 is 0 Å². The number of rotatable bonds is 8. The molecule has 0 unspecified atom stereocenters. The van der Waals surface area contributed by atoms with Crippen molar-refractivity contribution in [2.24, 2.45) is 5.92 Å². The first-order valence-electron chi connectivity index (χ1n) is 10.1. The van der Waals surface area contributed by atoms with Crippen molar-refractivity contribution in [3.63, 3.8) is 0 Å². The largest absolute Gasteiger partial charge is 0.497 e. The summed E-state index contributed by atoms with van der Waals surface area (Å²) >= 11 is 0. The molecule has 2 aromatic rings. The Morgan fingerprint density at radius 3 is 2.06 bits per heavy atom. The number of anilines is 1. The molecule has 31 heavy (non-hydrogen) atoms. The molecule has 8 heteroatoms. The Hall–Kier alpha value is -3.55. The molecule has 1 heterocycles. The summed E-state index contributed by atoms with van der Waals surface area (Å²) in [5.74, 6) is 0.697. The number of amides is 4. The second-order valence-corrected chi connectivity index (χ2v) is 7.64. The number of carbonyl (C=O) groups excluding carboxylic acids is 3. The van der Waals surface area contributed by atoms with Crippen LogP contribution in [0.1, 0.15) is 31.9 Å². The number of benzene rings is 2. The van der Waals surface area contributed by atoms with E-state index < -0.39 is 18.0 Å². The second kappa shape index (κ2) is 9.51. The maximum Gasteiger partial charge on any atom is 0.329 e. The van der Waals surface area contributed by atoms with Crippen molar-refractivity contribution in [1.29, 1.82) is 0 Å². The number of ether oxygens (including phenoxy) is 2. The molecule has 2 aromatic carbocycles. The van der Waals surface area contributed by atoms with Crippen LogP contribution in [0, 0.1) is 5.92 Å². The van der Waals surface area contributed by atoms with E-state index in [2.05, 4.69) is 10.6 Å². The average Bonchev–Trinajstić information content (AvgIpc) is 3.04. The summed E-state index contributed by atoms with van der Waals surface area (Å²) in [5.41, 5.74) is 1.36. The number of methoxy groups -OCH3 is 2. The molecule has 0 aromatic heterocycles. The molecule has 1 fully saturated rings. The second-order valence-electron chi connectivity index (χ2n) is 7.64. The lowest BCUT2D eigenvalue weighted by atomic mass is 9.95. The number of hydrogen-bond donors (Lipinski definition) is 2. The number of hydrogen-bond acceptors (Lipinski definition) is 5. The Bertz CT molecular complexity index is 941. The van der Waals surface area contributed by atoms with Crippen molar-refractivity contribution in [1.82, 2.24) is 10.6 Å². The van der Waals surface area contributed by atoms with Gasteiger partial charge in [0.15, 0.2) is 0 Å². The quantitative estimate of drug-likeness (QED) is 0.634. The maximum absolute atomic E-state index is 12.8. The number of urea groups is 1. The minimum Gasteiger partial charge on any atom is -0.497 e. The molecule has 4 amide bonds. The van der Waals surface area contributed by atoms with Gasteiger partial charge in [-0.2, -0.15) is 0 Å². The Morgan fingerprint density at radius 2 is 1.55 bits per heavy atom. The monoisotopic (exact) mass is 425 g/mol. The smallest absolute Gasteiger partial charge is 0.329 e. The van der Waals surface area contributed by atoms with Gasteiger partial charge >= 0.3 is 6.03 Å². The molecule has 0 saturated carbocycles. The van der Waals surface area contributed by atoms with Gasteiger partial charge in [0.1, 0.15) is 17.5 Å². The summed E-state index contributed by atoms with van der Waals surface area (Å²) in [7, 11) is 3.13. The van der Waals surface area contributed by atoms with Crippen LogP contribution in [-0.2, 0) is 9.59 Å². The van der Waals surface area contributed by atoms with Gasteiger partial charge in [-0.3, -0.25) is 9.59 Å². The van der Waals surface area contributed by atoms with Gasteiger partial charge < -0.3 is 20.1 Å². The molecule has 3 rings (SSSR count). The van der Waals surface area contributed by atoms with Gasteiger partial charge in [0.25, 0.3) is 5.91 Å². The van der Waals surface area contributed by atoms with Crippen LogP contribution in [0.4, 0.5) is 10.5 Å². The molecular weight excluding hydrogens is 398 g/mol. The number of nitrogens with zero attached hydrogens (tertiary/aromatic N) is 1. The number of carbonyl (C=O) groups is 3. The highest BCUT2D eigenvalue weighted by Gasteiger charge is 2.40. The van der Waals surface area contributed by atoms with Crippen LogP contribution in [-0.4, -0.2) is 38.1 Å². The van der Waals surface area contributed by atoms with Gasteiger partial charge in [-0.15, -0.1) is 0 Å². The minimum atomic E-state index is -0.918. The van der Waals surface area contributed by atoms with E-state index in [1.807, 2.05) is 38.1 Å². The van der Waals surface area contributed by atoms with Gasteiger partial charge in [-0.1, -0.05) is 26.0 Å². The van der Waals surface area contributed by atoms with Gasteiger partial charge in [0.05, 0.1) is 32.4 Å². The zero-order valence-corrected chi connectivity index (χ0v) is 18.0. The van der Waals surface area contributed by atoms with Crippen LogP contribution in [0.2, 0.25) is 0 Å². The molecule has 164 valence electrons. The predicted molar refractivity (Wildman–Crippen MR) is 116 cm³/mol. The van der Waals surface area contributed by atoms with Crippen LogP contribution in [0.25, 0.3) is 0 Å². The third kappa shape index (κ3) is 4.96. The fourth-order valence-corrected chi connectivity index (χ4v) is 3.51. The van der Waals surface area contributed by atoms with Crippen molar-refractivity contribution in [3.8, 4) is 11.5 Å². The first-order valence-corrected chi connectivity index (χ1v) is 10.1. The van der Waals surface area contributed by atoms with E-state index in [1.165, 1.54) is 7.11 Å². The third-order valence-corrected chi connectivity index (χ3v) is 5.20. The van der Waals surface area contributed by atoms with Crippen molar-refractivity contribution in [2.45, 2.75) is 32.4 Å². The molecule has 0 spiro atoms. The molecular formula is C23H27N3O5. The molecule has 2 atom stereocenters. The Balaban J connectivity index is 1.67. The van der Waals surface area contributed by atoms with Crippen LogP contribution in [0.3, 0.4) is 0 Å². The first kappa shape index (κ1) is 22.1. The van der Waals surface area contributed by atoms with E-state index in [9.17, 15) is 14.4 Å². The fraction of sp³-hybridized carbons (Fsp3) is 0.348. The number of imide groups is 1. The zero-order chi connectivity index (χ0) is 22.5. The molecule has 8 nitrogen and oxygen atoms in total. The third-order valence-electron chi connectivity index (χ3n) is 5.20. The summed E-state index contributed by atoms with van der Waals surface area (Å²) in [6.07, 6.45) is -0.142. The van der Waals surface area contributed by atoms with Crippen molar-refractivity contribution in [2.75, 3.05) is 19.1 Å². The van der Waals surface area contributed by atoms with Gasteiger partial charge in [0.2, 0.25) is 5.91 Å². The van der Waals surface area contributed by atoms with Crippen molar-refractivity contribution >= 4 is 23.5 Å². The molecule has 2 N–H and O–H groups in total. The summed E-state index contributed by atoms with van der Waals surface area (Å²) in [6.45, 7) is 4.01. The van der Waals surface area contributed by atoms with Gasteiger partial charge in [-0.25, -0.2) is 9.69 Å². The lowest BCUT2D eigenvalue weighted by Crippen LogP contribution is -2.39. The normalized spacial score (nSPS) is 16.8. The molecule has 0 bridgehead atoms. The predicted octanol–water partition coefficient (Wildman–Crippen LogP) is 3.03. The molecule has 1 saturated heterocycles. The van der Waals surface area contributed by atoms with E-state index in [0.717, 1.165) is 16.2 Å². The standard InChI is InChI=1S/C23H27N3O5/c1-14(2)21(15-5-9-17(30-3)10-6-15)25-20(27)13-19-22(28)26(23(29)24-19)16-7-11-18(31-4)12-8-16/h5-12,14,19,21H,13H2,1-4H3,(H,24,29)(H,25,27)/t19-,21+/m1/s1. The summed E-state index contributed by atoms with van der Waals surface area (Å²) < 4.78 is 10.3. The van der Waals surface area contributed by atoms with Gasteiger partial charge in [0, 0.05) is 0 Å². The van der Waals surface area contributed by atoms with Gasteiger partial charge in [-0.05, 0) is 47.9 Å². The van der Waals surface area contributed by atoms with Crippen molar-refractivity contribution < 1.29 is 23.9 Å². The van der Waals surface area contributed by atoms with Crippen LogP contribution < -0.4 is 25.0 Å². The lowest BCUT2D eigenvalue weighted by Gasteiger charge is -2.23. The molecule has 0 aliphatic carbocycles. The van der Waals surface area contributed by atoms with E-state index in [0.29, 0.717) is 11.4 Å². The van der Waals surface area contributed by atoms with E-state index in [1.54, 1.807) is 31.4 Å². The fourth-order valence-electron chi connectivity index (χ4n) is 3.51. The topological polar surface area (TPSA) is 97.0 Å². The maximum atomic E-state index is 12.8. The molecule has 0 radical (unpaired) electrons. The average molecular weight is 425 g/mol. The van der Waals surface area contributed by atoms with Crippen LogP contribution in [0.15, 0.2) is 48.5 Å². The summed E-state index contributed by atoms with van der Waals surface area (Å²) in [4.78, 5) is 38.9. The Labute approximate surface area is 181 Å². The van der Waals surface area contributed by atoms with E-state index >= 15 is 0 Å². The Kier molecular flexibility index (Phi) is 6.79. The summed E-state index contributed by atoms with van der Waals surface area (Å²) in [6, 6.07) is 12.3. The molecule has 1 aliphatic heterocycles. The first-order chi connectivity index (χ1) is 14.8. The lowest BCUT2D eigenvalue weighted by molar-refractivity contribution is -0.126. The Morgan fingerprint density at radius 1 is 1.00 bits per heavy atom.